The zero-order chi connectivity index (χ0) is 19.7. The van der Waals surface area contributed by atoms with Crippen LogP contribution in [0.15, 0.2) is 52.3 Å². The summed E-state index contributed by atoms with van der Waals surface area (Å²) in [5.74, 6) is 0.798. The summed E-state index contributed by atoms with van der Waals surface area (Å²) in [7, 11) is 0. The molecule has 28 heavy (non-hydrogen) atoms. The lowest BCUT2D eigenvalue weighted by molar-refractivity contribution is -0.116. The number of nitrogens with zero attached hydrogens (tertiary/aromatic N) is 3. The van der Waals surface area contributed by atoms with Crippen LogP contribution in [0.1, 0.15) is 11.4 Å². The fourth-order valence-corrected chi connectivity index (χ4v) is 3.84. The smallest absolute Gasteiger partial charge is 0.258 e. The minimum Gasteiger partial charge on any atom is -0.415 e. The number of nitrogens with one attached hydrogen (secondary N) is 1. The second-order valence-electron chi connectivity index (χ2n) is 6.32. The van der Waals surface area contributed by atoms with Crippen LogP contribution >= 0.6 is 22.9 Å². The molecule has 3 heterocycles. The molecule has 0 unspecified atom stereocenters. The third-order valence-electron chi connectivity index (χ3n) is 4.37. The number of hydrogen-bond acceptors (Lipinski definition) is 5. The lowest BCUT2D eigenvalue weighted by Gasteiger charge is -2.10. The number of aromatic nitrogens is 3. The molecule has 142 valence electrons. The third kappa shape index (κ3) is 3.72. The highest BCUT2D eigenvalue weighted by Gasteiger charge is 2.18. The molecule has 0 saturated carbocycles. The van der Waals surface area contributed by atoms with Crippen molar-refractivity contribution in [2.75, 3.05) is 5.32 Å². The van der Waals surface area contributed by atoms with E-state index < -0.39 is 0 Å². The Balaban J connectivity index is 1.55. The number of thiophene rings is 1. The van der Waals surface area contributed by atoms with Crippen molar-refractivity contribution in [3.63, 3.8) is 0 Å². The number of rotatable bonds is 5. The van der Waals surface area contributed by atoms with Crippen LogP contribution < -0.4 is 5.32 Å². The average molecular weight is 413 g/mol. The average Bonchev–Trinajstić information content (AvgIpc) is 3.38. The number of amides is 1. The maximum Gasteiger partial charge on any atom is 0.258 e. The van der Waals surface area contributed by atoms with Crippen LogP contribution in [-0.4, -0.2) is 20.7 Å². The highest BCUT2D eigenvalue weighted by molar-refractivity contribution is 7.13. The van der Waals surface area contributed by atoms with E-state index in [-0.39, 0.29) is 12.5 Å². The second-order valence-corrected chi connectivity index (χ2v) is 7.70. The summed E-state index contributed by atoms with van der Waals surface area (Å²) in [6, 6.07) is 12.9. The normalized spacial score (nSPS) is 11.0. The minimum absolute atomic E-state index is 0.138. The van der Waals surface area contributed by atoms with Gasteiger partial charge < -0.3 is 14.3 Å². The number of aryl methyl sites for hydroxylation is 1. The number of halogens is 1. The summed E-state index contributed by atoms with van der Waals surface area (Å²) in [5.41, 5.74) is 3.31. The van der Waals surface area contributed by atoms with Crippen LogP contribution in [-0.2, 0) is 11.3 Å². The van der Waals surface area contributed by atoms with Gasteiger partial charge in [0.1, 0.15) is 6.54 Å². The Morgan fingerprint density at radius 2 is 2.00 bits per heavy atom. The van der Waals surface area contributed by atoms with Crippen LogP contribution in [0.5, 0.6) is 0 Å². The van der Waals surface area contributed by atoms with Crippen LogP contribution in [0.2, 0.25) is 5.02 Å². The summed E-state index contributed by atoms with van der Waals surface area (Å²) in [4.78, 5) is 13.4. The molecule has 0 atom stereocenters. The molecule has 0 radical (unpaired) electrons. The van der Waals surface area contributed by atoms with Crippen molar-refractivity contribution < 1.29 is 9.21 Å². The van der Waals surface area contributed by atoms with Crippen molar-refractivity contribution in [1.29, 1.82) is 0 Å². The Bertz CT molecular complexity index is 1130. The quantitative estimate of drug-likeness (QED) is 0.490. The molecule has 0 bridgehead atoms. The monoisotopic (exact) mass is 412 g/mol. The first-order chi connectivity index (χ1) is 13.5. The first-order valence-corrected chi connectivity index (χ1v) is 9.87. The Labute approximate surface area is 170 Å². The van der Waals surface area contributed by atoms with Crippen LogP contribution in [0.25, 0.3) is 22.2 Å². The van der Waals surface area contributed by atoms with Crippen molar-refractivity contribution in [3.8, 4) is 22.2 Å². The first kappa shape index (κ1) is 18.5. The molecule has 8 heteroatoms. The van der Waals surface area contributed by atoms with Gasteiger partial charge in [0.2, 0.25) is 11.8 Å². The number of carbonyl (C=O) groups is 1. The molecule has 0 fully saturated rings. The third-order valence-corrected chi connectivity index (χ3v) is 5.46. The standard InChI is InChI=1S/C20H17ClN4O2S/c1-12-9-16(19-23-24-20(27-19)17-7-4-8-28-17)13(2)25(12)11-18(26)22-15-6-3-5-14(21)10-15/h3-10H,11H2,1-2H3,(H,22,26). The van der Waals surface area contributed by atoms with E-state index in [0.717, 1.165) is 21.8 Å². The summed E-state index contributed by atoms with van der Waals surface area (Å²) in [6.45, 7) is 4.06. The Kier molecular flexibility index (Phi) is 5.02. The van der Waals surface area contributed by atoms with E-state index in [4.69, 9.17) is 16.0 Å². The van der Waals surface area contributed by atoms with Crippen molar-refractivity contribution in [3.05, 3.63) is 64.3 Å². The first-order valence-electron chi connectivity index (χ1n) is 8.61. The predicted molar refractivity (Wildman–Crippen MR) is 111 cm³/mol. The number of carbonyl (C=O) groups excluding carboxylic acids is 1. The summed E-state index contributed by atoms with van der Waals surface area (Å²) in [6.07, 6.45) is 0. The molecular formula is C20H17ClN4O2S. The van der Waals surface area contributed by atoms with Gasteiger partial charge in [0, 0.05) is 22.1 Å². The van der Waals surface area contributed by atoms with E-state index in [1.54, 1.807) is 35.6 Å². The number of anilines is 1. The molecule has 0 saturated heterocycles. The highest BCUT2D eigenvalue weighted by atomic mass is 35.5. The van der Waals surface area contributed by atoms with Crippen LogP contribution in [0.3, 0.4) is 0 Å². The molecule has 1 amide bonds. The van der Waals surface area contributed by atoms with E-state index in [0.29, 0.717) is 22.5 Å². The van der Waals surface area contributed by atoms with E-state index in [2.05, 4.69) is 15.5 Å². The van der Waals surface area contributed by atoms with Crippen molar-refractivity contribution in [1.82, 2.24) is 14.8 Å². The Hall–Kier alpha value is -2.90. The molecule has 4 aromatic rings. The molecule has 0 aliphatic rings. The van der Waals surface area contributed by atoms with Gasteiger partial charge in [0.15, 0.2) is 0 Å². The van der Waals surface area contributed by atoms with E-state index in [1.807, 2.05) is 42.0 Å². The molecule has 1 N–H and O–H groups in total. The van der Waals surface area contributed by atoms with E-state index >= 15 is 0 Å². The van der Waals surface area contributed by atoms with E-state index in [1.165, 1.54) is 0 Å². The maximum absolute atomic E-state index is 12.5. The lowest BCUT2D eigenvalue weighted by atomic mass is 10.2. The van der Waals surface area contributed by atoms with Gasteiger partial charge in [-0.1, -0.05) is 23.7 Å². The highest BCUT2D eigenvalue weighted by Crippen LogP contribution is 2.30. The molecular weight excluding hydrogens is 396 g/mol. The van der Waals surface area contributed by atoms with Gasteiger partial charge in [-0.25, -0.2) is 0 Å². The van der Waals surface area contributed by atoms with Gasteiger partial charge in [-0.15, -0.1) is 21.5 Å². The number of benzene rings is 1. The molecule has 4 rings (SSSR count). The van der Waals surface area contributed by atoms with Crippen molar-refractivity contribution >= 4 is 34.5 Å². The Morgan fingerprint density at radius 3 is 2.75 bits per heavy atom. The SMILES string of the molecule is Cc1cc(-c2nnc(-c3cccs3)o2)c(C)n1CC(=O)Nc1cccc(Cl)c1. The summed E-state index contributed by atoms with van der Waals surface area (Å²) < 4.78 is 7.76. The van der Waals surface area contributed by atoms with Gasteiger partial charge in [-0.2, -0.15) is 0 Å². The van der Waals surface area contributed by atoms with Gasteiger partial charge in [-0.3, -0.25) is 4.79 Å². The topological polar surface area (TPSA) is 73.0 Å². The van der Waals surface area contributed by atoms with Gasteiger partial charge in [-0.05, 0) is 49.6 Å². The largest absolute Gasteiger partial charge is 0.415 e. The fourth-order valence-electron chi connectivity index (χ4n) is 3.00. The van der Waals surface area contributed by atoms with Crippen molar-refractivity contribution in [2.45, 2.75) is 20.4 Å². The Morgan fingerprint density at radius 1 is 1.18 bits per heavy atom. The van der Waals surface area contributed by atoms with E-state index in [9.17, 15) is 4.79 Å². The lowest BCUT2D eigenvalue weighted by Crippen LogP contribution is -2.20. The van der Waals surface area contributed by atoms with Gasteiger partial charge >= 0.3 is 0 Å². The van der Waals surface area contributed by atoms with Gasteiger partial charge in [0.25, 0.3) is 5.89 Å². The molecule has 0 aliphatic carbocycles. The summed E-state index contributed by atoms with van der Waals surface area (Å²) >= 11 is 7.51. The number of hydrogen-bond donors (Lipinski definition) is 1. The maximum atomic E-state index is 12.5. The molecule has 1 aromatic carbocycles. The molecule has 0 aliphatic heterocycles. The predicted octanol–water partition coefficient (Wildman–Crippen LogP) is 5.18. The minimum atomic E-state index is -0.138. The van der Waals surface area contributed by atoms with Crippen LogP contribution in [0.4, 0.5) is 5.69 Å². The zero-order valence-corrected chi connectivity index (χ0v) is 16.8. The fraction of sp³-hybridized carbons (Fsp3) is 0.150. The molecule has 0 spiro atoms. The second kappa shape index (κ2) is 7.61. The molecule has 6 nitrogen and oxygen atoms in total. The van der Waals surface area contributed by atoms with Crippen LogP contribution in [0, 0.1) is 13.8 Å². The van der Waals surface area contributed by atoms with Crippen molar-refractivity contribution in [2.24, 2.45) is 0 Å². The zero-order valence-electron chi connectivity index (χ0n) is 15.3. The summed E-state index contributed by atoms with van der Waals surface area (Å²) in [5, 5.41) is 13.7. The molecule has 3 aromatic heterocycles. The van der Waals surface area contributed by atoms with Gasteiger partial charge in [0.05, 0.1) is 10.4 Å².